The van der Waals surface area contributed by atoms with E-state index in [1.807, 2.05) is 51.0 Å². The minimum atomic E-state index is -0.905. The Labute approximate surface area is 118 Å². The van der Waals surface area contributed by atoms with Gasteiger partial charge in [-0.15, -0.1) is 0 Å². The van der Waals surface area contributed by atoms with Crippen molar-refractivity contribution in [2.75, 3.05) is 24.3 Å². The second kappa shape index (κ2) is 4.81. The summed E-state index contributed by atoms with van der Waals surface area (Å²) in [7, 11) is 3.84. The molecule has 0 spiro atoms. The summed E-state index contributed by atoms with van der Waals surface area (Å²) >= 11 is 0. The molecule has 1 aromatic carbocycles. The monoisotopic (exact) mass is 276 g/mol. The predicted octanol–water partition coefficient (Wildman–Crippen LogP) is 2.05. The number of carbonyl (C=O) groups is 2. The Kier molecular flexibility index (Phi) is 3.46. The minimum absolute atomic E-state index is 0.224. The average Bonchev–Trinajstić information content (AvgIpc) is 2.93. The fourth-order valence-corrected chi connectivity index (χ4v) is 2.67. The number of carboxylic acid groups (broad SMARTS) is 1. The third-order valence-electron chi connectivity index (χ3n) is 4.01. The molecule has 0 bridgehead atoms. The standard InChI is InChI=1S/C15H20N2O3/c1-15(2)11(12(15)14(19)20)13(18)16-9-6-5-7-10(8-9)17(3)4/h5-8,11-12H,1-4H3,(H,16,18)(H,19,20). The van der Waals surface area contributed by atoms with Crippen molar-refractivity contribution in [1.82, 2.24) is 0 Å². The van der Waals surface area contributed by atoms with Crippen LogP contribution in [-0.4, -0.2) is 31.1 Å². The van der Waals surface area contributed by atoms with Crippen LogP contribution in [0.25, 0.3) is 0 Å². The highest BCUT2D eigenvalue weighted by molar-refractivity contribution is 5.99. The van der Waals surface area contributed by atoms with Gasteiger partial charge in [0.1, 0.15) is 0 Å². The topological polar surface area (TPSA) is 69.6 Å². The first kappa shape index (κ1) is 14.4. The van der Waals surface area contributed by atoms with Crippen LogP contribution >= 0.6 is 0 Å². The number of carbonyl (C=O) groups excluding carboxylic acids is 1. The molecule has 5 heteroatoms. The first-order valence-electron chi connectivity index (χ1n) is 6.56. The van der Waals surface area contributed by atoms with E-state index in [1.165, 1.54) is 0 Å². The van der Waals surface area contributed by atoms with Crippen molar-refractivity contribution in [3.63, 3.8) is 0 Å². The summed E-state index contributed by atoms with van der Waals surface area (Å²) < 4.78 is 0. The quantitative estimate of drug-likeness (QED) is 0.883. The highest BCUT2D eigenvalue weighted by atomic mass is 16.4. The lowest BCUT2D eigenvalue weighted by molar-refractivity contribution is -0.140. The van der Waals surface area contributed by atoms with Gasteiger partial charge >= 0.3 is 5.97 Å². The fraction of sp³-hybridized carbons (Fsp3) is 0.467. The molecular weight excluding hydrogens is 256 g/mol. The molecule has 1 aliphatic carbocycles. The molecule has 0 aromatic heterocycles. The van der Waals surface area contributed by atoms with Crippen molar-refractivity contribution >= 4 is 23.3 Å². The number of benzene rings is 1. The SMILES string of the molecule is CN(C)c1cccc(NC(=O)C2C(C(=O)O)C2(C)C)c1. The largest absolute Gasteiger partial charge is 0.481 e. The summed E-state index contributed by atoms with van der Waals surface area (Å²) in [5.41, 5.74) is 1.19. The maximum atomic E-state index is 12.2. The zero-order chi connectivity index (χ0) is 15.1. The molecule has 1 saturated carbocycles. The second-order valence-electron chi connectivity index (χ2n) is 6.05. The van der Waals surface area contributed by atoms with E-state index < -0.39 is 23.2 Å². The van der Waals surface area contributed by atoms with Gasteiger partial charge in [0, 0.05) is 25.5 Å². The summed E-state index contributed by atoms with van der Waals surface area (Å²) in [4.78, 5) is 25.2. The molecule has 2 atom stereocenters. The van der Waals surface area contributed by atoms with Crippen LogP contribution < -0.4 is 10.2 Å². The normalized spacial score (nSPS) is 23.0. The van der Waals surface area contributed by atoms with Crippen LogP contribution in [0.2, 0.25) is 0 Å². The number of nitrogens with zero attached hydrogens (tertiary/aromatic N) is 1. The molecule has 0 saturated heterocycles. The molecule has 1 aromatic rings. The van der Waals surface area contributed by atoms with Crippen molar-refractivity contribution < 1.29 is 14.7 Å². The average molecular weight is 276 g/mol. The zero-order valence-corrected chi connectivity index (χ0v) is 12.2. The maximum Gasteiger partial charge on any atom is 0.307 e. The van der Waals surface area contributed by atoms with Crippen LogP contribution in [0.4, 0.5) is 11.4 Å². The molecule has 2 N–H and O–H groups in total. The third kappa shape index (κ3) is 2.48. The molecule has 1 aliphatic rings. The molecule has 0 heterocycles. The van der Waals surface area contributed by atoms with E-state index in [1.54, 1.807) is 6.07 Å². The van der Waals surface area contributed by atoms with Gasteiger partial charge in [0.2, 0.25) is 5.91 Å². The number of nitrogens with one attached hydrogen (secondary N) is 1. The van der Waals surface area contributed by atoms with Crippen molar-refractivity contribution in [2.24, 2.45) is 17.3 Å². The number of anilines is 2. The Morgan fingerprint density at radius 3 is 2.40 bits per heavy atom. The lowest BCUT2D eigenvalue weighted by Gasteiger charge is -2.14. The third-order valence-corrected chi connectivity index (χ3v) is 4.01. The lowest BCUT2D eigenvalue weighted by Crippen LogP contribution is -2.18. The van der Waals surface area contributed by atoms with Crippen molar-refractivity contribution in [1.29, 1.82) is 0 Å². The van der Waals surface area contributed by atoms with Gasteiger partial charge in [-0.2, -0.15) is 0 Å². The highest BCUT2D eigenvalue weighted by Gasteiger charge is 2.65. The molecule has 0 aliphatic heterocycles. The predicted molar refractivity (Wildman–Crippen MR) is 77.8 cm³/mol. The van der Waals surface area contributed by atoms with Crippen LogP contribution in [0.15, 0.2) is 24.3 Å². The second-order valence-corrected chi connectivity index (χ2v) is 6.05. The fourth-order valence-electron chi connectivity index (χ4n) is 2.67. The van der Waals surface area contributed by atoms with E-state index in [2.05, 4.69) is 5.32 Å². The summed E-state index contributed by atoms with van der Waals surface area (Å²) in [6.07, 6.45) is 0. The van der Waals surface area contributed by atoms with Crippen molar-refractivity contribution in [2.45, 2.75) is 13.8 Å². The van der Waals surface area contributed by atoms with Gasteiger partial charge in [0.25, 0.3) is 0 Å². The van der Waals surface area contributed by atoms with Gasteiger partial charge < -0.3 is 15.3 Å². The lowest BCUT2D eigenvalue weighted by atomic mass is 10.1. The van der Waals surface area contributed by atoms with Crippen molar-refractivity contribution in [3.8, 4) is 0 Å². The molecule has 1 fully saturated rings. The number of carboxylic acids is 1. The Morgan fingerprint density at radius 2 is 1.90 bits per heavy atom. The number of aliphatic carboxylic acids is 1. The van der Waals surface area contributed by atoms with E-state index >= 15 is 0 Å². The number of rotatable bonds is 4. The van der Waals surface area contributed by atoms with Crippen LogP contribution in [-0.2, 0) is 9.59 Å². The zero-order valence-electron chi connectivity index (χ0n) is 12.2. The summed E-state index contributed by atoms with van der Waals surface area (Å²) in [6, 6.07) is 7.47. The van der Waals surface area contributed by atoms with Crippen molar-refractivity contribution in [3.05, 3.63) is 24.3 Å². The number of hydrogen-bond donors (Lipinski definition) is 2. The molecule has 1 amide bonds. The van der Waals surface area contributed by atoms with E-state index in [-0.39, 0.29) is 5.91 Å². The summed E-state index contributed by atoms with van der Waals surface area (Å²) in [5.74, 6) is -2.20. The minimum Gasteiger partial charge on any atom is -0.481 e. The van der Waals surface area contributed by atoms with E-state index in [0.29, 0.717) is 5.69 Å². The van der Waals surface area contributed by atoms with Gasteiger partial charge in [-0.05, 0) is 23.6 Å². The Bertz CT molecular complexity index is 552. The number of hydrogen-bond acceptors (Lipinski definition) is 3. The molecule has 0 radical (unpaired) electrons. The highest BCUT2D eigenvalue weighted by Crippen LogP contribution is 2.58. The van der Waals surface area contributed by atoms with Crippen LogP contribution in [0.5, 0.6) is 0 Å². The molecule has 2 rings (SSSR count). The summed E-state index contributed by atoms with van der Waals surface area (Å²) in [5, 5.41) is 11.9. The molecule has 20 heavy (non-hydrogen) atoms. The molecule has 2 unspecified atom stereocenters. The van der Waals surface area contributed by atoms with E-state index in [0.717, 1.165) is 5.69 Å². The van der Waals surface area contributed by atoms with Gasteiger partial charge in [-0.1, -0.05) is 19.9 Å². The molecule has 108 valence electrons. The summed E-state index contributed by atoms with van der Waals surface area (Å²) in [6.45, 7) is 3.62. The van der Waals surface area contributed by atoms with Crippen LogP contribution in [0, 0.1) is 17.3 Å². The van der Waals surface area contributed by atoms with Gasteiger partial charge in [0.05, 0.1) is 11.8 Å². The van der Waals surface area contributed by atoms with Crippen LogP contribution in [0.1, 0.15) is 13.8 Å². The number of amides is 1. The van der Waals surface area contributed by atoms with E-state index in [9.17, 15) is 9.59 Å². The Balaban J connectivity index is 2.10. The van der Waals surface area contributed by atoms with E-state index in [4.69, 9.17) is 5.11 Å². The van der Waals surface area contributed by atoms with Gasteiger partial charge in [-0.3, -0.25) is 9.59 Å². The maximum absolute atomic E-state index is 12.2. The molecular formula is C15H20N2O3. The Hall–Kier alpha value is -2.04. The molecule has 5 nitrogen and oxygen atoms in total. The van der Waals surface area contributed by atoms with Crippen LogP contribution in [0.3, 0.4) is 0 Å². The van der Waals surface area contributed by atoms with Gasteiger partial charge in [0.15, 0.2) is 0 Å². The van der Waals surface area contributed by atoms with Gasteiger partial charge in [-0.25, -0.2) is 0 Å². The Morgan fingerprint density at radius 1 is 1.25 bits per heavy atom. The first-order chi connectivity index (χ1) is 9.25. The smallest absolute Gasteiger partial charge is 0.307 e. The first-order valence-corrected chi connectivity index (χ1v) is 6.56.